The maximum absolute atomic E-state index is 13.3. The second kappa shape index (κ2) is 11.7. The maximum atomic E-state index is 13.3. The molecule has 4 rings (SSSR count). The highest BCUT2D eigenvalue weighted by molar-refractivity contribution is 6.01. The predicted octanol–water partition coefficient (Wildman–Crippen LogP) is 1.32. The van der Waals surface area contributed by atoms with E-state index in [0.717, 1.165) is 64.8 Å². The van der Waals surface area contributed by atoms with E-state index in [0.29, 0.717) is 18.8 Å². The summed E-state index contributed by atoms with van der Waals surface area (Å²) in [6.07, 6.45) is 6.26. The highest BCUT2D eigenvalue weighted by Gasteiger charge is 2.48. The van der Waals surface area contributed by atoms with Crippen molar-refractivity contribution in [2.24, 2.45) is 0 Å². The van der Waals surface area contributed by atoms with Gasteiger partial charge in [-0.05, 0) is 52.6 Å². The zero-order chi connectivity index (χ0) is 25.7. The van der Waals surface area contributed by atoms with E-state index in [-0.39, 0.29) is 36.0 Å². The molecule has 2 N–H and O–H groups in total. The number of aromatic nitrogens is 2. The van der Waals surface area contributed by atoms with Crippen LogP contribution in [0.15, 0.2) is 6.07 Å². The summed E-state index contributed by atoms with van der Waals surface area (Å²) in [5.41, 5.74) is -0.455. The molecule has 10 nitrogen and oxygen atoms in total. The summed E-state index contributed by atoms with van der Waals surface area (Å²) in [4.78, 5) is 45.9. The van der Waals surface area contributed by atoms with Gasteiger partial charge in [-0.1, -0.05) is 19.8 Å². The first-order valence-electron chi connectivity index (χ1n) is 13.8. The lowest BCUT2D eigenvalue weighted by atomic mass is 9.94. The predicted molar refractivity (Wildman–Crippen MR) is 138 cm³/mol. The molecule has 1 aliphatic carbocycles. The van der Waals surface area contributed by atoms with Crippen LogP contribution in [0.1, 0.15) is 80.3 Å². The van der Waals surface area contributed by atoms with Crippen molar-refractivity contribution in [2.45, 2.75) is 77.4 Å². The van der Waals surface area contributed by atoms with Crippen LogP contribution in [0, 0.1) is 0 Å². The Bertz CT molecular complexity index is 934. The third kappa shape index (κ3) is 5.75. The van der Waals surface area contributed by atoms with E-state index < -0.39 is 5.54 Å². The molecule has 3 heterocycles. The van der Waals surface area contributed by atoms with E-state index in [1.54, 1.807) is 17.9 Å². The van der Waals surface area contributed by atoms with E-state index in [1.165, 1.54) is 17.6 Å². The highest BCUT2D eigenvalue weighted by Crippen LogP contribution is 2.28. The molecule has 2 aliphatic heterocycles. The van der Waals surface area contributed by atoms with E-state index in [4.69, 9.17) is 0 Å². The Morgan fingerprint density at radius 3 is 2.39 bits per heavy atom. The van der Waals surface area contributed by atoms with Gasteiger partial charge < -0.3 is 25.3 Å². The van der Waals surface area contributed by atoms with Crippen LogP contribution in [-0.4, -0.2) is 106 Å². The molecule has 3 aliphatic rings. The van der Waals surface area contributed by atoms with Crippen LogP contribution < -0.4 is 10.6 Å². The normalized spacial score (nSPS) is 23.6. The van der Waals surface area contributed by atoms with Gasteiger partial charge in [0.25, 0.3) is 11.8 Å². The van der Waals surface area contributed by atoms with Crippen LogP contribution in [-0.2, 0) is 11.3 Å². The van der Waals surface area contributed by atoms with Crippen LogP contribution in [0.2, 0.25) is 0 Å². The van der Waals surface area contributed by atoms with Crippen molar-refractivity contribution in [3.63, 3.8) is 0 Å². The van der Waals surface area contributed by atoms with Gasteiger partial charge in [-0.3, -0.25) is 19.1 Å². The number of hydrogen-bond donors (Lipinski definition) is 2. The van der Waals surface area contributed by atoms with Crippen molar-refractivity contribution >= 4 is 17.7 Å². The largest absolute Gasteiger partial charge is 0.351 e. The van der Waals surface area contributed by atoms with Crippen molar-refractivity contribution < 1.29 is 14.4 Å². The molecule has 1 aromatic heterocycles. The number of carbonyl (C=O) groups excluding carboxylic acids is 3. The lowest BCUT2D eigenvalue weighted by molar-refractivity contribution is -0.133. The lowest BCUT2D eigenvalue weighted by Crippen LogP contribution is -2.64. The van der Waals surface area contributed by atoms with Gasteiger partial charge in [0.15, 0.2) is 5.69 Å². The Morgan fingerprint density at radius 1 is 1.08 bits per heavy atom. The van der Waals surface area contributed by atoms with E-state index >= 15 is 0 Å². The van der Waals surface area contributed by atoms with Crippen LogP contribution >= 0.6 is 0 Å². The van der Waals surface area contributed by atoms with E-state index in [2.05, 4.69) is 32.5 Å². The molecule has 1 saturated heterocycles. The molecule has 0 aromatic carbocycles. The topological polar surface area (TPSA) is 103 Å². The van der Waals surface area contributed by atoms with E-state index in [9.17, 15) is 14.4 Å². The van der Waals surface area contributed by atoms with Gasteiger partial charge in [0.05, 0.1) is 6.54 Å². The van der Waals surface area contributed by atoms with Gasteiger partial charge in [0.1, 0.15) is 11.2 Å². The molecule has 36 heavy (non-hydrogen) atoms. The highest BCUT2D eigenvalue weighted by atomic mass is 16.2. The molecule has 0 radical (unpaired) electrons. The molecule has 0 spiro atoms. The number of hydrogen-bond acceptors (Lipinski definition) is 6. The number of nitrogens with zero attached hydrogens (tertiary/aromatic N) is 5. The fourth-order valence-electron chi connectivity index (χ4n) is 5.81. The van der Waals surface area contributed by atoms with Gasteiger partial charge in [0, 0.05) is 51.4 Å². The summed E-state index contributed by atoms with van der Waals surface area (Å²) >= 11 is 0. The van der Waals surface area contributed by atoms with Gasteiger partial charge >= 0.3 is 0 Å². The number of likely N-dealkylation sites (N-methyl/N-ethyl adjacent to an activating group) is 1. The number of piperazine rings is 1. The van der Waals surface area contributed by atoms with Gasteiger partial charge in [-0.2, -0.15) is 5.10 Å². The van der Waals surface area contributed by atoms with Crippen molar-refractivity contribution in [3.8, 4) is 0 Å². The average molecular weight is 502 g/mol. The Hall–Kier alpha value is -2.46. The van der Waals surface area contributed by atoms with Crippen LogP contribution in [0.25, 0.3) is 0 Å². The third-order valence-electron chi connectivity index (χ3n) is 7.97. The van der Waals surface area contributed by atoms with Crippen molar-refractivity contribution in [1.29, 1.82) is 0 Å². The van der Waals surface area contributed by atoms with Crippen molar-refractivity contribution in [1.82, 2.24) is 35.1 Å². The number of nitrogens with one attached hydrogen (secondary N) is 2. The van der Waals surface area contributed by atoms with Crippen LogP contribution in [0.4, 0.5) is 0 Å². The van der Waals surface area contributed by atoms with Crippen LogP contribution in [0.3, 0.4) is 0 Å². The first-order chi connectivity index (χ1) is 17.4. The Kier molecular flexibility index (Phi) is 8.66. The minimum Gasteiger partial charge on any atom is -0.351 e. The SMILES string of the molecule is CCCN1CCN(CCCNC(=O)c2cc3n(n2)C[C@@](C)(C(=O)NC2CCCC2)N(CC)C3=O)CC1. The monoisotopic (exact) mass is 501 g/mol. The zero-order valence-electron chi connectivity index (χ0n) is 22.2. The number of amides is 3. The molecule has 0 unspecified atom stereocenters. The molecule has 1 atom stereocenters. The number of fused-ring (bicyclic) bond motifs is 1. The van der Waals surface area contributed by atoms with Crippen molar-refractivity contribution in [3.05, 3.63) is 17.5 Å². The summed E-state index contributed by atoms with van der Waals surface area (Å²) in [7, 11) is 0. The van der Waals surface area contributed by atoms with E-state index in [1.807, 2.05) is 6.92 Å². The molecule has 1 aromatic rings. The minimum absolute atomic E-state index is 0.146. The minimum atomic E-state index is -1.04. The molecule has 0 bridgehead atoms. The Morgan fingerprint density at radius 2 is 1.75 bits per heavy atom. The van der Waals surface area contributed by atoms with Gasteiger partial charge in [-0.15, -0.1) is 0 Å². The average Bonchev–Trinajstić information content (AvgIpc) is 3.53. The number of rotatable bonds is 10. The summed E-state index contributed by atoms with van der Waals surface area (Å²) in [6, 6.07) is 1.73. The molecule has 200 valence electrons. The summed E-state index contributed by atoms with van der Waals surface area (Å²) < 4.78 is 1.54. The fraction of sp³-hybridized carbons (Fsp3) is 0.769. The first kappa shape index (κ1) is 26.6. The summed E-state index contributed by atoms with van der Waals surface area (Å²) in [5, 5.41) is 10.5. The Balaban J connectivity index is 1.32. The summed E-state index contributed by atoms with van der Waals surface area (Å²) in [5.74, 6) is -0.688. The quantitative estimate of drug-likeness (QED) is 0.469. The first-order valence-corrected chi connectivity index (χ1v) is 13.8. The zero-order valence-corrected chi connectivity index (χ0v) is 22.2. The van der Waals surface area contributed by atoms with Gasteiger partial charge in [0.2, 0.25) is 5.91 Å². The molecule has 2 fully saturated rings. The number of carbonyl (C=O) groups is 3. The molecular weight excluding hydrogens is 458 g/mol. The second-order valence-electron chi connectivity index (χ2n) is 10.6. The smallest absolute Gasteiger partial charge is 0.273 e. The standard InChI is InChI=1S/C26H43N7O3/c1-4-12-30-14-16-31(17-15-30)13-8-11-27-23(34)21-18-22-24(35)32(5-2)26(3,19-33(22)29-21)25(36)28-20-9-6-7-10-20/h18,20H,4-17,19H2,1-3H3,(H,27,34)(H,28,36)/t26-/m0/s1. The molecule has 1 saturated carbocycles. The molecular formula is C26H43N7O3. The van der Waals surface area contributed by atoms with Crippen LogP contribution in [0.5, 0.6) is 0 Å². The summed E-state index contributed by atoms with van der Waals surface area (Å²) in [6.45, 7) is 13.6. The maximum Gasteiger partial charge on any atom is 0.273 e. The van der Waals surface area contributed by atoms with Crippen molar-refractivity contribution in [2.75, 3.05) is 52.4 Å². The fourth-order valence-corrected chi connectivity index (χ4v) is 5.81. The lowest BCUT2D eigenvalue weighted by Gasteiger charge is -2.43. The Labute approximate surface area is 214 Å². The van der Waals surface area contributed by atoms with Gasteiger partial charge in [-0.25, -0.2) is 0 Å². The second-order valence-corrected chi connectivity index (χ2v) is 10.6. The third-order valence-corrected chi connectivity index (χ3v) is 7.97. The molecule has 10 heteroatoms. The molecule has 3 amide bonds.